The zero-order chi connectivity index (χ0) is 7.28. The van der Waals surface area contributed by atoms with Crippen LogP contribution in [0.5, 0.6) is 0 Å². The maximum atomic E-state index is 10.1. The number of carboxylic acids is 1. The fraction of sp³-hybridized carbons (Fsp3) is 0.800. The molecule has 0 unspecified atom stereocenters. The third-order valence-corrected chi connectivity index (χ3v) is 1.59. The Labute approximate surface area is 74.9 Å². The molecule has 0 aliphatic carbocycles. The Morgan fingerprint density at radius 1 is 1.80 bits per heavy atom. The molecule has 3 N–H and O–H groups in total. The maximum Gasteiger partial charge on any atom is 0.320 e. The first-order valence-corrected chi connectivity index (χ1v) is 4.05. The molecule has 0 aromatic rings. The predicted octanol–water partition coefficient (Wildman–Crippen LogP) is 0.149. The second kappa shape index (κ2) is 7.39. The van der Waals surface area contributed by atoms with Crippen LogP contribution >= 0.6 is 11.8 Å². The standard InChI is InChI=1S/C5H11NO2S.Co/c1-9-3-2-4(6)5(7)8;/h4H,2-3,6H2,1H3,(H,7,8);/t4-;/m0./s1. The van der Waals surface area contributed by atoms with Gasteiger partial charge in [-0.15, -0.1) is 0 Å². The molecule has 0 saturated carbocycles. The quantitative estimate of drug-likeness (QED) is 0.690. The number of thioether (sulfide) groups is 1. The Kier molecular flexibility index (Phi) is 9.55. The fourth-order valence-electron chi connectivity index (χ4n) is 0.368. The van der Waals surface area contributed by atoms with Crippen molar-refractivity contribution in [2.45, 2.75) is 12.5 Å². The van der Waals surface area contributed by atoms with Crippen molar-refractivity contribution in [3.05, 3.63) is 0 Å². The molecule has 1 radical (unpaired) electrons. The third kappa shape index (κ3) is 6.41. The molecule has 0 saturated heterocycles. The van der Waals surface area contributed by atoms with Gasteiger partial charge in [0, 0.05) is 16.8 Å². The topological polar surface area (TPSA) is 63.3 Å². The first-order valence-electron chi connectivity index (χ1n) is 2.65. The molecule has 3 nitrogen and oxygen atoms in total. The second-order valence-electron chi connectivity index (χ2n) is 1.73. The van der Waals surface area contributed by atoms with Crippen LogP contribution in [-0.4, -0.2) is 29.1 Å². The molecule has 0 aliphatic heterocycles. The molecular formula is C5H11CoNO2S. The van der Waals surface area contributed by atoms with Crippen LogP contribution in [0.3, 0.4) is 0 Å². The fourth-order valence-corrected chi connectivity index (χ4v) is 0.858. The van der Waals surface area contributed by atoms with Crippen molar-refractivity contribution in [2.75, 3.05) is 12.0 Å². The van der Waals surface area contributed by atoms with E-state index in [0.29, 0.717) is 6.42 Å². The molecule has 0 heterocycles. The largest absolute Gasteiger partial charge is 0.480 e. The van der Waals surface area contributed by atoms with Crippen molar-refractivity contribution in [2.24, 2.45) is 5.73 Å². The van der Waals surface area contributed by atoms with Gasteiger partial charge >= 0.3 is 5.97 Å². The van der Waals surface area contributed by atoms with Crippen LogP contribution in [0.15, 0.2) is 0 Å². The molecule has 10 heavy (non-hydrogen) atoms. The van der Waals surface area contributed by atoms with Crippen molar-refractivity contribution < 1.29 is 26.7 Å². The van der Waals surface area contributed by atoms with Crippen LogP contribution in [0.25, 0.3) is 0 Å². The van der Waals surface area contributed by atoms with Crippen LogP contribution in [-0.2, 0) is 21.6 Å². The Bertz CT molecular complexity index is 102. The molecule has 0 bridgehead atoms. The van der Waals surface area contributed by atoms with Crippen LogP contribution in [0.2, 0.25) is 0 Å². The van der Waals surface area contributed by atoms with E-state index in [-0.39, 0.29) is 16.8 Å². The van der Waals surface area contributed by atoms with E-state index in [1.54, 1.807) is 11.8 Å². The van der Waals surface area contributed by atoms with E-state index in [9.17, 15) is 4.79 Å². The first-order chi connectivity index (χ1) is 4.18. The summed E-state index contributed by atoms with van der Waals surface area (Å²) in [5.74, 6) is -0.1000. The maximum absolute atomic E-state index is 10.1. The summed E-state index contributed by atoms with van der Waals surface area (Å²) < 4.78 is 0. The average molecular weight is 208 g/mol. The number of aliphatic carboxylic acids is 1. The normalized spacial score (nSPS) is 11.8. The van der Waals surface area contributed by atoms with Gasteiger partial charge in [-0.3, -0.25) is 4.79 Å². The summed E-state index contributed by atoms with van der Waals surface area (Å²) in [5.41, 5.74) is 5.19. The second-order valence-corrected chi connectivity index (χ2v) is 2.71. The van der Waals surface area contributed by atoms with Gasteiger partial charge in [0.2, 0.25) is 0 Å². The minimum absolute atomic E-state index is 0. The summed E-state index contributed by atoms with van der Waals surface area (Å²) in [5, 5.41) is 8.27. The van der Waals surface area contributed by atoms with Gasteiger partial charge in [0.1, 0.15) is 6.04 Å². The summed E-state index contributed by atoms with van der Waals surface area (Å²) in [6.07, 6.45) is 2.48. The first kappa shape index (κ1) is 12.9. The minimum atomic E-state index is -0.913. The van der Waals surface area contributed by atoms with Gasteiger partial charge in [-0.25, -0.2) is 0 Å². The Balaban J connectivity index is 0. The van der Waals surface area contributed by atoms with Crippen LogP contribution in [0.1, 0.15) is 6.42 Å². The summed E-state index contributed by atoms with van der Waals surface area (Å²) in [7, 11) is 0. The van der Waals surface area contributed by atoms with Gasteiger partial charge in [-0.05, 0) is 18.4 Å². The molecule has 0 rings (SSSR count). The van der Waals surface area contributed by atoms with E-state index in [1.807, 2.05) is 6.26 Å². The van der Waals surface area contributed by atoms with Gasteiger partial charge in [-0.1, -0.05) is 0 Å². The van der Waals surface area contributed by atoms with Crippen molar-refractivity contribution >= 4 is 17.7 Å². The van der Waals surface area contributed by atoms with Gasteiger partial charge in [-0.2, -0.15) is 11.8 Å². The molecular weight excluding hydrogens is 197 g/mol. The van der Waals surface area contributed by atoms with Crippen LogP contribution in [0, 0.1) is 0 Å². The van der Waals surface area contributed by atoms with E-state index >= 15 is 0 Å². The van der Waals surface area contributed by atoms with Gasteiger partial charge < -0.3 is 10.8 Å². The summed E-state index contributed by atoms with van der Waals surface area (Å²) in [4.78, 5) is 10.1. The van der Waals surface area contributed by atoms with E-state index in [4.69, 9.17) is 10.8 Å². The van der Waals surface area contributed by atoms with Crippen molar-refractivity contribution in [1.29, 1.82) is 0 Å². The Morgan fingerprint density at radius 2 is 2.30 bits per heavy atom. The predicted molar refractivity (Wildman–Crippen MR) is 38.6 cm³/mol. The summed E-state index contributed by atoms with van der Waals surface area (Å²) in [6, 6.07) is -0.683. The van der Waals surface area contributed by atoms with Gasteiger partial charge in [0.25, 0.3) is 0 Å². The molecule has 1 atom stereocenters. The number of carbonyl (C=O) groups is 1. The van der Waals surface area contributed by atoms with Crippen LogP contribution < -0.4 is 5.73 Å². The number of nitrogens with two attached hydrogens (primary N) is 1. The number of hydrogen-bond acceptors (Lipinski definition) is 3. The third-order valence-electron chi connectivity index (χ3n) is 0.950. The molecule has 0 aliphatic rings. The minimum Gasteiger partial charge on any atom is -0.480 e. The molecule has 0 fully saturated rings. The summed E-state index contributed by atoms with van der Waals surface area (Å²) in [6.45, 7) is 0. The van der Waals surface area contributed by atoms with Gasteiger partial charge in [0.15, 0.2) is 0 Å². The van der Waals surface area contributed by atoms with Crippen molar-refractivity contribution in [3.8, 4) is 0 Å². The van der Waals surface area contributed by atoms with Crippen LogP contribution in [0.4, 0.5) is 0 Å². The van der Waals surface area contributed by atoms with E-state index in [2.05, 4.69) is 0 Å². The Morgan fingerprint density at radius 3 is 2.60 bits per heavy atom. The molecule has 5 heteroatoms. The molecule has 0 amide bonds. The zero-order valence-corrected chi connectivity index (χ0v) is 7.52. The number of carboxylic acid groups (broad SMARTS) is 1. The van der Waals surface area contributed by atoms with E-state index in [1.165, 1.54) is 0 Å². The Hall–Kier alpha value is 0.286. The summed E-state index contributed by atoms with van der Waals surface area (Å²) >= 11 is 1.60. The monoisotopic (exact) mass is 208 g/mol. The van der Waals surface area contributed by atoms with Gasteiger partial charge in [0.05, 0.1) is 0 Å². The molecule has 0 aromatic carbocycles. The van der Waals surface area contributed by atoms with Crippen molar-refractivity contribution in [3.63, 3.8) is 0 Å². The molecule has 0 spiro atoms. The van der Waals surface area contributed by atoms with E-state index < -0.39 is 12.0 Å². The zero-order valence-electron chi connectivity index (χ0n) is 5.67. The molecule has 0 aromatic heterocycles. The smallest absolute Gasteiger partial charge is 0.320 e. The number of hydrogen-bond donors (Lipinski definition) is 2. The number of rotatable bonds is 4. The van der Waals surface area contributed by atoms with E-state index in [0.717, 1.165) is 5.75 Å². The average Bonchev–Trinajstić information content (AvgIpc) is 1.82. The molecule has 63 valence electrons. The van der Waals surface area contributed by atoms with Crippen molar-refractivity contribution in [1.82, 2.24) is 0 Å². The SMILES string of the molecule is CSCC[C@H](N)C(=O)O.[Co].